The fraction of sp³-hybridized carbons (Fsp3) is 0.600. The van der Waals surface area contributed by atoms with Crippen molar-refractivity contribution in [2.75, 3.05) is 19.8 Å². The molecule has 72 valence electrons. The van der Waals surface area contributed by atoms with Crippen LogP contribution < -0.4 is 5.32 Å². The van der Waals surface area contributed by atoms with Crippen molar-refractivity contribution in [3.05, 3.63) is 23.7 Å². The Labute approximate surface area is 78.1 Å². The van der Waals surface area contributed by atoms with Gasteiger partial charge < -0.3 is 14.5 Å². The lowest BCUT2D eigenvalue weighted by molar-refractivity contribution is 0.0763. The van der Waals surface area contributed by atoms with Gasteiger partial charge in [0.2, 0.25) is 0 Å². The van der Waals surface area contributed by atoms with Crippen LogP contribution >= 0.6 is 0 Å². The first-order chi connectivity index (χ1) is 6.42. The van der Waals surface area contributed by atoms with Gasteiger partial charge in [-0.25, -0.2) is 0 Å². The lowest BCUT2D eigenvalue weighted by atomic mass is 10.1. The van der Waals surface area contributed by atoms with E-state index in [1.54, 1.807) is 6.26 Å². The van der Waals surface area contributed by atoms with Crippen molar-refractivity contribution >= 4 is 0 Å². The van der Waals surface area contributed by atoms with Gasteiger partial charge in [-0.05, 0) is 6.07 Å². The van der Waals surface area contributed by atoms with E-state index in [0.29, 0.717) is 6.04 Å². The predicted molar refractivity (Wildman–Crippen MR) is 49.6 cm³/mol. The second-order valence-electron chi connectivity index (χ2n) is 3.23. The zero-order valence-corrected chi connectivity index (χ0v) is 7.88. The molecule has 1 fully saturated rings. The Balaban J connectivity index is 2.13. The number of furan rings is 1. The summed E-state index contributed by atoms with van der Waals surface area (Å²) in [6.45, 7) is 4.60. The van der Waals surface area contributed by atoms with Gasteiger partial charge in [-0.15, -0.1) is 0 Å². The van der Waals surface area contributed by atoms with E-state index in [4.69, 9.17) is 9.15 Å². The van der Waals surface area contributed by atoms with Crippen molar-refractivity contribution < 1.29 is 9.15 Å². The van der Waals surface area contributed by atoms with Gasteiger partial charge in [0.1, 0.15) is 5.76 Å². The number of ether oxygens (including phenoxy) is 1. The summed E-state index contributed by atoms with van der Waals surface area (Å²) in [5.74, 6) is 1.07. The molecule has 1 saturated heterocycles. The summed E-state index contributed by atoms with van der Waals surface area (Å²) < 4.78 is 10.8. The molecule has 1 aromatic rings. The summed E-state index contributed by atoms with van der Waals surface area (Å²) in [6, 6.07) is 2.35. The van der Waals surface area contributed by atoms with Crippen LogP contribution in [0, 0.1) is 0 Å². The van der Waals surface area contributed by atoms with Crippen LogP contribution in [0.5, 0.6) is 0 Å². The number of aryl methyl sites for hydroxylation is 1. The molecule has 0 amide bonds. The SMILES string of the molecule is CCc1occc1[C@@H]1COCCN1. The molecule has 0 spiro atoms. The average molecular weight is 181 g/mol. The second kappa shape index (κ2) is 3.94. The van der Waals surface area contributed by atoms with Crippen LogP contribution in [0.3, 0.4) is 0 Å². The molecule has 0 unspecified atom stereocenters. The molecule has 3 heteroatoms. The molecule has 1 aromatic heterocycles. The highest BCUT2D eigenvalue weighted by Gasteiger charge is 2.19. The van der Waals surface area contributed by atoms with E-state index < -0.39 is 0 Å². The van der Waals surface area contributed by atoms with Crippen LogP contribution in [-0.2, 0) is 11.2 Å². The standard InChI is InChI=1S/C10H15NO2/c1-2-10-8(3-5-13-10)9-7-12-6-4-11-9/h3,5,9,11H,2,4,6-7H2,1H3/t9-/m0/s1. The second-order valence-corrected chi connectivity index (χ2v) is 3.23. The van der Waals surface area contributed by atoms with E-state index >= 15 is 0 Å². The maximum Gasteiger partial charge on any atom is 0.108 e. The molecule has 1 N–H and O–H groups in total. The van der Waals surface area contributed by atoms with Crippen LogP contribution in [0.1, 0.15) is 24.3 Å². The number of rotatable bonds is 2. The summed E-state index contributed by atoms with van der Waals surface area (Å²) in [7, 11) is 0. The van der Waals surface area contributed by atoms with Gasteiger partial charge in [-0.3, -0.25) is 0 Å². The van der Waals surface area contributed by atoms with Crippen LogP contribution in [0.15, 0.2) is 16.7 Å². The molecule has 13 heavy (non-hydrogen) atoms. The highest BCUT2D eigenvalue weighted by atomic mass is 16.5. The highest BCUT2D eigenvalue weighted by Crippen LogP contribution is 2.21. The topological polar surface area (TPSA) is 34.4 Å². The Morgan fingerprint density at radius 1 is 1.62 bits per heavy atom. The maximum atomic E-state index is 5.40. The van der Waals surface area contributed by atoms with Gasteiger partial charge in [0.05, 0.1) is 25.5 Å². The summed E-state index contributed by atoms with van der Waals surface area (Å²) in [5, 5.41) is 3.41. The zero-order valence-electron chi connectivity index (χ0n) is 7.88. The number of nitrogens with one attached hydrogen (secondary N) is 1. The highest BCUT2D eigenvalue weighted by molar-refractivity contribution is 5.21. The minimum Gasteiger partial charge on any atom is -0.469 e. The molecule has 2 heterocycles. The van der Waals surface area contributed by atoms with E-state index in [1.807, 2.05) is 6.07 Å². The first-order valence-corrected chi connectivity index (χ1v) is 4.79. The van der Waals surface area contributed by atoms with Crippen molar-refractivity contribution in [3.8, 4) is 0 Å². The monoisotopic (exact) mass is 181 g/mol. The van der Waals surface area contributed by atoms with Crippen LogP contribution in [0.2, 0.25) is 0 Å². The van der Waals surface area contributed by atoms with Gasteiger partial charge in [0.25, 0.3) is 0 Å². The summed E-state index contributed by atoms with van der Waals surface area (Å²) in [5.41, 5.74) is 1.25. The Morgan fingerprint density at radius 3 is 3.23 bits per heavy atom. The van der Waals surface area contributed by atoms with E-state index in [0.717, 1.165) is 31.9 Å². The molecule has 0 aliphatic carbocycles. The molecular formula is C10H15NO2. The first kappa shape index (κ1) is 8.78. The Hall–Kier alpha value is -0.800. The molecule has 0 bridgehead atoms. The third-order valence-electron chi connectivity index (χ3n) is 2.40. The van der Waals surface area contributed by atoms with E-state index in [9.17, 15) is 0 Å². The van der Waals surface area contributed by atoms with Crippen molar-refractivity contribution in [1.82, 2.24) is 5.32 Å². The maximum absolute atomic E-state index is 5.40. The van der Waals surface area contributed by atoms with Crippen LogP contribution in [-0.4, -0.2) is 19.8 Å². The Morgan fingerprint density at radius 2 is 2.54 bits per heavy atom. The first-order valence-electron chi connectivity index (χ1n) is 4.79. The van der Waals surface area contributed by atoms with Gasteiger partial charge in [0, 0.05) is 18.5 Å². The van der Waals surface area contributed by atoms with Crippen LogP contribution in [0.4, 0.5) is 0 Å². The van der Waals surface area contributed by atoms with E-state index in [-0.39, 0.29) is 0 Å². The summed E-state index contributed by atoms with van der Waals surface area (Å²) >= 11 is 0. The lowest BCUT2D eigenvalue weighted by Crippen LogP contribution is -2.34. The minimum atomic E-state index is 0.322. The van der Waals surface area contributed by atoms with Gasteiger partial charge >= 0.3 is 0 Å². The molecule has 1 aliphatic heterocycles. The minimum absolute atomic E-state index is 0.322. The van der Waals surface area contributed by atoms with Crippen molar-refractivity contribution in [2.45, 2.75) is 19.4 Å². The smallest absolute Gasteiger partial charge is 0.108 e. The summed E-state index contributed by atoms with van der Waals surface area (Å²) in [4.78, 5) is 0. The van der Waals surface area contributed by atoms with Gasteiger partial charge in [0.15, 0.2) is 0 Å². The lowest BCUT2D eigenvalue weighted by Gasteiger charge is -2.23. The molecule has 3 nitrogen and oxygen atoms in total. The fourth-order valence-electron chi connectivity index (χ4n) is 1.71. The molecular weight excluding hydrogens is 166 g/mol. The Bertz CT molecular complexity index is 264. The Kier molecular flexibility index (Phi) is 2.66. The fourth-order valence-corrected chi connectivity index (χ4v) is 1.71. The van der Waals surface area contributed by atoms with E-state index in [2.05, 4.69) is 12.2 Å². The van der Waals surface area contributed by atoms with E-state index in [1.165, 1.54) is 5.56 Å². The van der Waals surface area contributed by atoms with Gasteiger partial charge in [-0.2, -0.15) is 0 Å². The largest absolute Gasteiger partial charge is 0.469 e. The van der Waals surface area contributed by atoms with Crippen molar-refractivity contribution in [1.29, 1.82) is 0 Å². The zero-order chi connectivity index (χ0) is 9.10. The number of hydrogen-bond donors (Lipinski definition) is 1. The predicted octanol–water partition coefficient (Wildman–Crippen LogP) is 1.50. The third-order valence-corrected chi connectivity index (χ3v) is 2.40. The number of hydrogen-bond acceptors (Lipinski definition) is 3. The average Bonchev–Trinajstić information content (AvgIpc) is 2.67. The number of morpholine rings is 1. The van der Waals surface area contributed by atoms with Crippen molar-refractivity contribution in [3.63, 3.8) is 0 Å². The third kappa shape index (κ3) is 1.76. The van der Waals surface area contributed by atoms with Gasteiger partial charge in [-0.1, -0.05) is 6.92 Å². The molecule has 2 rings (SSSR count). The molecule has 1 aliphatic rings. The van der Waals surface area contributed by atoms with Crippen molar-refractivity contribution in [2.24, 2.45) is 0 Å². The molecule has 1 atom stereocenters. The molecule has 0 radical (unpaired) electrons. The van der Waals surface area contributed by atoms with Crippen LogP contribution in [0.25, 0.3) is 0 Å². The molecule has 0 aromatic carbocycles. The quantitative estimate of drug-likeness (QED) is 0.750. The normalized spacial score (nSPS) is 23.3. The summed E-state index contributed by atoms with van der Waals surface area (Å²) in [6.07, 6.45) is 2.70. The molecule has 0 saturated carbocycles.